The van der Waals surface area contributed by atoms with Gasteiger partial charge in [-0.1, -0.05) is 0 Å². The molecule has 0 saturated heterocycles. The molecule has 4 nitrogen and oxygen atoms in total. The molecular weight excluding hydrogens is 156 g/mol. The van der Waals surface area contributed by atoms with Crippen molar-refractivity contribution in [1.29, 1.82) is 0 Å². The van der Waals surface area contributed by atoms with Gasteiger partial charge >= 0.3 is 6.09 Å². The van der Waals surface area contributed by atoms with Crippen molar-refractivity contribution < 1.29 is 9.53 Å². The molecule has 1 saturated carbocycles. The van der Waals surface area contributed by atoms with E-state index >= 15 is 0 Å². The summed E-state index contributed by atoms with van der Waals surface area (Å²) in [6.07, 6.45) is 3.29. The van der Waals surface area contributed by atoms with E-state index in [0.29, 0.717) is 5.92 Å². The van der Waals surface area contributed by atoms with Crippen molar-refractivity contribution in [3.8, 4) is 0 Å². The number of amides is 1. The van der Waals surface area contributed by atoms with Crippen LogP contribution in [0.2, 0.25) is 0 Å². The van der Waals surface area contributed by atoms with Crippen LogP contribution in [0.3, 0.4) is 0 Å². The topological polar surface area (TPSA) is 78.3 Å². The van der Waals surface area contributed by atoms with Gasteiger partial charge in [-0.2, -0.15) is 0 Å². The van der Waals surface area contributed by atoms with E-state index in [2.05, 4.69) is 0 Å². The Morgan fingerprint density at radius 3 is 2.33 bits per heavy atom. The summed E-state index contributed by atoms with van der Waals surface area (Å²) < 4.78 is 4.88. The van der Waals surface area contributed by atoms with Crippen molar-refractivity contribution in [2.75, 3.05) is 6.54 Å². The molecule has 0 aromatic heterocycles. The number of carbonyl (C=O) groups is 1. The molecule has 1 aliphatic rings. The van der Waals surface area contributed by atoms with Gasteiger partial charge in [-0.05, 0) is 38.1 Å². The molecule has 0 aliphatic heterocycles. The molecule has 0 radical (unpaired) electrons. The lowest BCUT2D eigenvalue weighted by Crippen LogP contribution is -2.29. The van der Waals surface area contributed by atoms with Crippen molar-refractivity contribution in [3.63, 3.8) is 0 Å². The Hall–Kier alpha value is -0.770. The molecular formula is C8H16N2O2. The highest BCUT2D eigenvalue weighted by molar-refractivity contribution is 5.64. The number of rotatable bonds is 2. The third-order valence-corrected chi connectivity index (χ3v) is 2.41. The summed E-state index contributed by atoms with van der Waals surface area (Å²) in [4.78, 5) is 10.4. The third kappa shape index (κ3) is 2.70. The maximum atomic E-state index is 10.4. The summed E-state index contributed by atoms with van der Waals surface area (Å²) in [5.41, 5.74) is 10.4. The highest BCUT2D eigenvalue weighted by atomic mass is 16.6. The quantitative estimate of drug-likeness (QED) is 0.640. The molecule has 4 N–H and O–H groups in total. The van der Waals surface area contributed by atoms with E-state index in [1.54, 1.807) is 0 Å². The zero-order valence-electron chi connectivity index (χ0n) is 7.16. The summed E-state index contributed by atoms with van der Waals surface area (Å²) in [6.45, 7) is 0.739. The monoisotopic (exact) mass is 172 g/mol. The van der Waals surface area contributed by atoms with E-state index in [0.717, 1.165) is 32.2 Å². The summed E-state index contributed by atoms with van der Waals surface area (Å²) in [5.74, 6) is 0.609. The van der Waals surface area contributed by atoms with Crippen LogP contribution in [0.15, 0.2) is 0 Å². The number of hydrogen-bond donors (Lipinski definition) is 2. The predicted octanol–water partition coefficient (Wildman–Crippen LogP) is 0.599. The van der Waals surface area contributed by atoms with Crippen LogP contribution in [0.4, 0.5) is 4.79 Å². The smallest absolute Gasteiger partial charge is 0.404 e. The van der Waals surface area contributed by atoms with E-state index in [4.69, 9.17) is 16.2 Å². The third-order valence-electron chi connectivity index (χ3n) is 2.41. The van der Waals surface area contributed by atoms with Crippen molar-refractivity contribution in [1.82, 2.24) is 0 Å². The Kier molecular flexibility index (Phi) is 3.34. The zero-order chi connectivity index (χ0) is 8.97. The first-order chi connectivity index (χ1) is 5.72. The highest BCUT2D eigenvalue weighted by Crippen LogP contribution is 2.25. The van der Waals surface area contributed by atoms with Gasteiger partial charge in [0.15, 0.2) is 0 Å². The summed E-state index contributed by atoms with van der Waals surface area (Å²) in [6, 6.07) is 0. The Balaban J connectivity index is 2.21. The molecule has 1 rings (SSSR count). The molecule has 1 fully saturated rings. The van der Waals surface area contributed by atoms with Crippen LogP contribution in [0.25, 0.3) is 0 Å². The standard InChI is InChI=1S/C8H16N2O2/c9-5-6-1-3-7(4-2-6)12-8(10)11/h6-7H,1-5,9H2,(H2,10,11)/t6-,7-. The first kappa shape index (κ1) is 9.32. The number of carbonyl (C=O) groups excluding carboxylic acids is 1. The molecule has 0 spiro atoms. The van der Waals surface area contributed by atoms with Crippen LogP contribution >= 0.6 is 0 Å². The molecule has 0 atom stereocenters. The van der Waals surface area contributed by atoms with Crippen molar-refractivity contribution in [2.45, 2.75) is 31.8 Å². The Bertz CT molecular complexity index is 153. The Labute approximate surface area is 72.2 Å². The summed E-state index contributed by atoms with van der Waals surface area (Å²) >= 11 is 0. The maximum absolute atomic E-state index is 10.4. The van der Waals surface area contributed by atoms with Crippen LogP contribution in [0.1, 0.15) is 25.7 Å². The minimum atomic E-state index is -0.661. The van der Waals surface area contributed by atoms with Gasteiger partial charge in [0.1, 0.15) is 6.10 Å². The van der Waals surface area contributed by atoms with E-state index in [-0.39, 0.29) is 6.10 Å². The second kappa shape index (κ2) is 4.30. The van der Waals surface area contributed by atoms with Crippen LogP contribution < -0.4 is 11.5 Å². The lowest BCUT2D eigenvalue weighted by atomic mass is 9.87. The number of nitrogens with two attached hydrogens (primary N) is 2. The van der Waals surface area contributed by atoms with Crippen LogP contribution in [0.5, 0.6) is 0 Å². The molecule has 70 valence electrons. The molecule has 0 unspecified atom stereocenters. The molecule has 1 aliphatic carbocycles. The van der Waals surface area contributed by atoms with Crippen molar-refractivity contribution >= 4 is 6.09 Å². The fourth-order valence-corrected chi connectivity index (χ4v) is 1.65. The second-order valence-electron chi connectivity index (χ2n) is 3.32. The first-order valence-corrected chi connectivity index (χ1v) is 4.38. The lowest BCUT2D eigenvalue weighted by molar-refractivity contribution is 0.0721. The van der Waals surface area contributed by atoms with E-state index < -0.39 is 6.09 Å². The molecule has 0 heterocycles. The largest absolute Gasteiger partial charge is 0.446 e. The lowest BCUT2D eigenvalue weighted by Gasteiger charge is -2.26. The van der Waals surface area contributed by atoms with Gasteiger partial charge in [-0.3, -0.25) is 0 Å². The Morgan fingerprint density at radius 2 is 1.92 bits per heavy atom. The van der Waals surface area contributed by atoms with Crippen LogP contribution in [-0.4, -0.2) is 18.7 Å². The fourth-order valence-electron chi connectivity index (χ4n) is 1.65. The fraction of sp³-hybridized carbons (Fsp3) is 0.875. The number of primary amides is 1. The van der Waals surface area contributed by atoms with Crippen molar-refractivity contribution in [2.24, 2.45) is 17.4 Å². The van der Waals surface area contributed by atoms with Gasteiger partial charge < -0.3 is 16.2 Å². The van der Waals surface area contributed by atoms with Gasteiger partial charge in [-0.25, -0.2) is 4.79 Å². The minimum absolute atomic E-state index is 0.0327. The highest BCUT2D eigenvalue weighted by Gasteiger charge is 2.21. The molecule has 1 amide bonds. The van der Waals surface area contributed by atoms with Gasteiger partial charge in [0.25, 0.3) is 0 Å². The van der Waals surface area contributed by atoms with Crippen molar-refractivity contribution in [3.05, 3.63) is 0 Å². The molecule has 0 aromatic rings. The summed E-state index contributed by atoms with van der Waals surface area (Å²) in [5, 5.41) is 0. The van der Waals surface area contributed by atoms with Gasteiger partial charge in [0.2, 0.25) is 0 Å². The molecule has 0 aromatic carbocycles. The molecule has 12 heavy (non-hydrogen) atoms. The predicted molar refractivity (Wildman–Crippen MR) is 45.5 cm³/mol. The average Bonchev–Trinajstić information content (AvgIpc) is 2.05. The Morgan fingerprint density at radius 1 is 1.33 bits per heavy atom. The first-order valence-electron chi connectivity index (χ1n) is 4.38. The maximum Gasteiger partial charge on any atom is 0.404 e. The van der Waals surface area contributed by atoms with E-state index in [1.807, 2.05) is 0 Å². The zero-order valence-corrected chi connectivity index (χ0v) is 7.16. The van der Waals surface area contributed by atoms with Gasteiger partial charge in [0.05, 0.1) is 0 Å². The van der Waals surface area contributed by atoms with E-state index in [9.17, 15) is 4.79 Å². The van der Waals surface area contributed by atoms with Gasteiger partial charge in [-0.15, -0.1) is 0 Å². The van der Waals surface area contributed by atoms with Crippen LogP contribution in [0, 0.1) is 5.92 Å². The van der Waals surface area contributed by atoms with E-state index in [1.165, 1.54) is 0 Å². The second-order valence-corrected chi connectivity index (χ2v) is 3.32. The van der Waals surface area contributed by atoms with Gasteiger partial charge in [0, 0.05) is 0 Å². The minimum Gasteiger partial charge on any atom is -0.446 e. The molecule has 4 heteroatoms. The normalized spacial score (nSPS) is 29.8. The average molecular weight is 172 g/mol. The van der Waals surface area contributed by atoms with Crippen LogP contribution in [-0.2, 0) is 4.74 Å². The number of ether oxygens (including phenoxy) is 1. The number of hydrogen-bond acceptors (Lipinski definition) is 3. The summed E-state index contributed by atoms with van der Waals surface area (Å²) in [7, 11) is 0. The molecule has 0 bridgehead atoms. The SMILES string of the molecule is NC[C@H]1CC[C@H](OC(N)=O)CC1.